The number of hydrogen-bond acceptors (Lipinski definition) is 4. The van der Waals surface area contributed by atoms with Gasteiger partial charge in [0.15, 0.2) is 0 Å². The molecule has 1 aromatic rings. The average molecular weight is 224 g/mol. The third-order valence-electron chi connectivity index (χ3n) is 2.43. The Kier molecular flexibility index (Phi) is 2.86. The second-order valence-electron chi connectivity index (χ2n) is 3.59. The standard InChI is InChI=1S/C9H12N4O3/c14-3-7-9(16)12-6(8(15)13-7)1-5-2-10-4-11-5/h2,4,6-7,14H,1,3H2,(H,10,11)(H,12,16)(H,13,15)/t6-,7+/m0/s1. The number of aromatic nitrogens is 2. The zero-order valence-corrected chi connectivity index (χ0v) is 8.43. The highest BCUT2D eigenvalue weighted by molar-refractivity contribution is 5.97. The number of aliphatic hydroxyl groups is 1. The summed E-state index contributed by atoms with van der Waals surface area (Å²) in [5.41, 5.74) is 0.767. The maximum Gasteiger partial charge on any atom is 0.245 e. The van der Waals surface area contributed by atoms with Gasteiger partial charge in [0.25, 0.3) is 0 Å². The number of carbonyl (C=O) groups is 2. The topological polar surface area (TPSA) is 107 Å². The van der Waals surface area contributed by atoms with Gasteiger partial charge in [0.2, 0.25) is 11.8 Å². The smallest absolute Gasteiger partial charge is 0.245 e. The van der Waals surface area contributed by atoms with Crippen LogP contribution in [-0.4, -0.2) is 45.6 Å². The SMILES string of the molecule is O=C1N[C@H](CO)C(=O)N[C@H]1Cc1cnc[nH]1. The van der Waals surface area contributed by atoms with Gasteiger partial charge in [0, 0.05) is 18.3 Å². The minimum atomic E-state index is -0.842. The largest absolute Gasteiger partial charge is 0.394 e. The van der Waals surface area contributed by atoms with Gasteiger partial charge in [-0.2, -0.15) is 0 Å². The van der Waals surface area contributed by atoms with E-state index in [2.05, 4.69) is 20.6 Å². The molecule has 0 spiro atoms. The molecule has 2 amide bonds. The van der Waals surface area contributed by atoms with Crippen molar-refractivity contribution in [2.45, 2.75) is 18.5 Å². The van der Waals surface area contributed by atoms with Crippen molar-refractivity contribution >= 4 is 11.8 Å². The molecule has 7 heteroatoms. The molecule has 1 saturated heterocycles. The third kappa shape index (κ3) is 2.03. The minimum Gasteiger partial charge on any atom is -0.394 e. The van der Waals surface area contributed by atoms with E-state index in [1.54, 1.807) is 6.20 Å². The summed E-state index contributed by atoms with van der Waals surface area (Å²) in [5, 5.41) is 13.8. The first-order chi connectivity index (χ1) is 7.70. The van der Waals surface area contributed by atoms with Crippen molar-refractivity contribution < 1.29 is 14.7 Å². The van der Waals surface area contributed by atoms with E-state index in [0.717, 1.165) is 5.69 Å². The van der Waals surface area contributed by atoms with E-state index in [0.29, 0.717) is 6.42 Å². The number of H-pyrrole nitrogens is 1. The molecule has 1 aromatic heterocycles. The van der Waals surface area contributed by atoms with Crippen LogP contribution < -0.4 is 10.6 Å². The molecule has 2 rings (SSSR count). The third-order valence-corrected chi connectivity index (χ3v) is 2.43. The van der Waals surface area contributed by atoms with Crippen molar-refractivity contribution in [3.05, 3.63) is 18.2 Å². The Hall–Kier alpha value is -1.89. The van der Waals surface area contributed by atoms with Crippen molar-refractivity contribution in [2.24, 2.45) is 0 Å². The zero-order valence-electron chi connectivity index (χ0n) is 8.43. The van der Waals surface area contributed by atoms with E-state index < -0.39 is 18.7 Å². The molecule has 1 aliphatic heterocycles. The summed E-state index contributed by atoms with van der Waals surface area (Å²) in [4.78, 5) is 29.6. The Morgan fingerprint density at radius 1 is 1.25 bits per heavy atom. The summed E-state index contributed by atoms with van der Waals surface area (Å²) in [5.74, 6) is -0.667. The molecule has 2 heterocycles. The van der Waals surface area contributed by atoms with Gasteiger partial charge in [-0.25, -0.2) is 4.98 Å². The van der Waals surface area contributed by atoms with E-state index in [9.17, 15) is 9.59 Å². The predicted octanol–water partition coefficient (Wildman–Crippen LogP) is -2.07. The fraction of sp³-hybridized carbons (Fsp3) is 0.444. The van der Waals surface area contributed by atoms with Gasteiger partial charge in [-0.05, 0) is 0 Å². The number of aliphatic hydroxyl groups excluding tert-OH is 1. The van der Waals surface area contributed by atoms with Crippen LogP contribution in [-0.2, 0) is 16.0 Å². The van der Waals surface area contributed by atoms with Crippen LogP contribution in [0.15, 0.2) is 12.5 Å². The fourth-order valence-corrected chi connectivity index (χ4v) is 1.56. The normalized spacial score (nSPS) is 25.1. The number of amides is 2. The summed E-state index contributed by atoms with van der Waals surface area (Å²) in [6.07, 6.45) is 3.46. The first kappa shape index (κ1) is 10.6. The molecule has 0 bridgehead atoms. The van der Waals surface area contributed by atoms with Gasteiger partial charge >= 0.3 is 0 Å². The molecule has 1 aliphatic rings. The van der Waals surface area contributed by atoms with Crippen molar-refractivity contribution in [2.75, 3.05) is 6.61 Å². The lowest BCUT2D eigenvalue weighted by molar-refractivity contribution is -0.137. The number of nitrogens with one attached hydrogen (secondary N) is 3. The Morgan fingerprint density at radius 3 is 2.56 bits per heavy atom. The van der Waals surface area contributed by atoms with Crippen LogP contribution in [0.25, 0.3) is 0 Å². The van der Waals surface area contributed by atoms with E-state index in [1.807, 2.05) is 0 Å². The van der Waals surface area contributed by atoms with Crippen LogP contribution in [0.2, 0.25) is 0 Å². The van der Waals surface area contributed by atoms with E-state index in [4.69, 9.17) is 5.11 Å². The van der Waals surface area contributed by atoms with Gasteiger partial charge in [-0.1, -0.05) is 0 Å². The lowest BCUT2D eigenvalue weighted by atomic mass is 10.1. The fourth-order valence-electron chi connectivity index (χ4n) is 1.56. The van der Waals surface area contributed by atoms with Gasteiger partial charge in [-0.3, -0.25) is 9.59 Å². The highest BCUT2D eigenvalue weighted by Crippen LogP contribution is 2.03. The van der Waals surface area contributed by atoms with Crippen LogP contribution in [0.3, 0.4) is 0 Å². The number of piperazine rings is 1. The molecule has 0 saturated carbocycles. The molecule has 2 atom stereocenters. The molecular weight excluding hydrogens is 212 g/mol. The van der Waals surface area contributed by atoms with Crippen molar-refractivity contribution in [3.63, 3.8) is 0 Å². The number of carbonyl (C=O) groups excluding carboxylic acids is 2. The molecule has 0 aromatic carbocycles. The highest BCUT2D eigenvalue weighted by Gasteiger charge is 2.33. The summed E-state index contributed by atoms with van der Waals surface area (Å²) in [6.45, 7) is -0.394. The number of hydrogen-bond donors (Lipinski definition) is 4. The number of aromatic amines is 1. The summed E-state index contributed by atoms with van der Waals surface area (Å²) in [7, 11) is 0. The molecule has 4 N–H and O–H groups in total. The van der Waals surface area contributed by atoms with E-state index in [-0.39, 0.29) is 11.8 Å². The number of nitrogens with zero attached hydrogens (tertiary/aromatic N) is 1. The van der Waals surface area contributed by atoms with Crippen molar-refractivity contribution in [1.82, 2.24) is 20.6 Å². The van der Waals surface area contributed by atoms with Gasteiger partial charge in [0.05, 0.1) is 12.9 Å². The number of imidazole rings is 1. The maximum atomic E-state index is 11.6. The Balaban J connectivity index is 2.02. The second-order valence-corrected chi connectivity index (χ2v) is 3.59. The van der Waals surface area contributed by atoms with Crippen LogP contribution in [0.1, 0.15) is 5.69 Å². The predicted molar refractivity (Wildman–Crippen MR) is 53.2 cm³/mol. The lowest BCUT2D eigenvalue weighted by Crippen LogP contribution is -2.63. The lowest BCUT2D eigenvalue weighted by Gasteiger charge is -2.28. The second kappa shape index (κ2) is 4.31. The molecule has 1 fully saturated rings. The Bertz CT molecular complexity index is 389. The summed E-state index contributed by atoms with van der Waals surface area (Å²) in [6, 6.07) is -1.46. The molecule has 0 unspecified atom stereocenters. The van der Waals surface area contributed by atoms with Crippen LogP contribution in [0, 0.1) is 0 Å². The van der Waals surface area contributed by atoms with Crippen LogP contribution >= 0.6 is 0 Å². The minimum absolute atomic E-state index is 0.298. The van der Waals surface area contributed by atoms with Gasteiger partial charge in [-0.15, -0.1) is 0 Å². The monoisotopic (exact) mass is 224 g/mol. The molecule has 86 valence electrons. The summed E-state index contributed by atoms with van der Waals surface area (Å²) >= 11 is 0. The quantitative estimate of drug-likeness (QED) is 0.473. The van der Waals surface area contributed by atoms with Crippen molar-refractivity contribution in [1.29, 1.82) is 0 Å². The molecule has 0 radical (unpaired) electrons. The molecular formula is C9H12N4O3. The number of rotatable bonds is 3. The van der Waals surface area contributed by atoms with E-state index in [1.165, 1.54) is 6.33 Å². The Labute approximate surface area is 91.3 Å². The van der Waals surface area contributed by atoms with Crippen molar-refractivity contribution in [3.8, 4) is 0 Å². The molecule has 7 nitrogen and oxygen atoms in total. The van der Waals surface area contributed by atoms with Gasteiger partial charge in [0.1, 0.15) is 12.1 Å². The summed E-state index contributed by atoms with van der Waals surface area (Å²) < 4.78 is 0. The maximum absolute atomic E-state index is 11.6. The van der Waals surface area contributed by atoms with Crippen LogP contribution in [0.4, 0.5) is 0 Å². The first-order valence-corrected chi connectivity index (χ1v) is 4.89. The Morgan fingerprint density at radius 2 is 1.94 bits per heavy atom. The zero-order chi connectivity index (χ0) is 11.5. The van der Waals surface area contributed by atoms with Crippen LogP contribution in [0.5, 0.6) is 0 Å². The molecule has 16 heavy (non-hydrogen) atoms. The average Bonchev–Trinajstić information content (AvgIpc) is 2.75. The first-order valence-electron chi connectivity index (χ1n) is 4.89. The molecule has 0 aliphatic carbocycles. The van der Waals surface area contributed by atoms with E-state index >= 15 is 0 Å². The van der Waals surface area contributed by atoms with Gasteiger partial charge < -0.3 is 20.7 Å². The highest BCUT2D eigenvalue weighted by atomic mass is 16.3.